The number of benzene rings is 1. The van der Waals surface area contributed by atoms with Crippen molar-refractivity contribution < 1.29 is 4.74 Å². The Kier molecular flexibility index (Phi) is 5.65. The van der Waals surface area contributed by atoms with Gasteiger partial charge in [0.1, 0.15) is 5.75 Å². The lowest BCUT2D eigenvalue weighted by Gasteiger charge is -2.09. The van der Waals surface area contributed by atoms with Crippen LogP contribution in [0.15, 0.2) is 24.3 Å². The van der Waals surface area contributed by atoms with Gasteiger partial charge in [0.25, 0.3) is 0 Å². The maximum atomic E-state index is 8.22. The maximum absolute atomic E-state index is 8.22. The van der Waals surface area contributed by atoms with Gasteiger partial charge in [-0.1, -0.05) is 18.6 Å². The first-order chi connectivity index (χ1) is 9.78. The molecule has 0 spiro atoms. The second-order valence-corrected chi connectivity index (χ2v) is 6.36. The molecule has 0 bridgehead atoms. The molecule has 1 N–H and O–H groups in total. The Balaban J connectivity index is 0.00000161. The summed E-state index contributed by atoms with van der Waals surface area (Å²) in [5, 5.41) is 8.22. The summed E-state index contributed by atoms with van der Waals surface area (Å²) >= 11 is 1.66. The van der Waals surface area contributed by atoms with E-state index in [4.69, 9.17) is 10.1 Å². The molecule has 1 aliphatic carbocycles. The summed E-state index contributed by atoms with van der Waals surface area (Å²) in [7, 11) is 1.68. The van der Waals surface area contributed by atoms with Crippen LogP contribution in [0.2, 0.25) is 0 Å². The van der Waals surface area contributed by atoms with E-state index in [0.29, 0.717) is 4.80 Å². The van der Waals surface area contributed by atoms with Gasteiger partial charge in [0.15, 0.2) is 4.80 Å². The zero-order valence-corrected chi connectivity index (χ0v) is 14.8. The van der Waals surface area contributed by atoms with Crippen molar-refractivity contribution in [3.8, 4) is 5.75 Å². The van der Waals surface area contributed by atoms with Gasteiger partial charge >= 0.3 is 0 Å². The van der Waals surface area contributed by atoms with Crippen LogP contribution in [0.25, 0.3) is 0 Å². The lowest BCUT2D eigenvalue weighted by atomic mass is 10.2. The Hall–Kier alpha value is -1.07. The number of aromatic nitrogens is 1. The van der Waals surface area contributed by atoms with Gasteiger partial charge in [-0.25, -0.2) is 0 Å². The molecule has 1 aromatic carbocycles. The van der Waals surface area contributed by atoms with E-state index < -0.39 is 0 Å². The van der Waals surface area contributed by atoms with Crippen LogP contribution in [-0.2, 0) is 19.4 Å². The summed E-state index contributed by atoms with van der Waals surface area (Å²) in [5.74, 6) is 0.883. The highest BCUT2D eigenvalue weighted by Crippen LogP contribution is 2.23. The van der Waals surface area contributed by atoms with Crippen LogP contribution in [0.4, 0.5) is 0 Å². The number of rotatable bonds is 3. The summed E-state index contributed by atoms with van der Waals surface area (Å²) in [6.45, 7) is 0.800. The molecule has 0 saturated carbocycles. The third-order valence-corrected chi connectivity index (χ3v) is 5.03. The van der Waals surface area contributed by atoms with Crippen LogP contribution in [0.1, 0.15) is 35.4 Å². The van der Waals surface area contributed by atoms with Gasteiger partial charge in [-0.2, -0.15) is 0 Å². The molecule has 1 heterocycles. The van der Waals surface area contributed by atoms with E-state index in [1.54, 1.807) is 18.4 Å². The molecule has 3 nitrogen and oxygen atoms in total. The van der Waals surface area contributed by atoms with Crippen molar-refractivity contribution >= 4 is 28.3 Å². The SMILES string of the molecule is Br.COc1ccc(Cn2c3c(sc2=N)CCCCC3)cc1. The quantitative estimate of drug-likeness (QED) is 0.818. The highest BCUT2D eigenvalue weighted by atomic mass is 79.9. The molecule has 3 rings (SSSR count). The van der Waals surface area contributed by atoms with Crippen LogP contribution < -0.4 is 9.54 Å². The number of fused-ring (bicyclic) bond motifs is 1. The number of hydrogen-bond donors (Lipinski definition) is 1. The Morgan fingerprint density at radius 2 is 1.86 bits per heavy atom. The van der Waals surface area contributed by atoms with E-state index in [2.05, 4.69) is 16.7 Å². The first-order valence-electron chi connectivity index (χ1n) is 7.17. The van der Waals surface area contributed by atoms with Gasteiger partial charge in [-0.3, -0.25) is 5.41 Å². The molecule has 0 fully saturated rings. The van der Waals surface area contributed by atoms with E-state index in [9.17, 15) is 0 Å². The molecule has 2 aromatic rings. The highest BCUT2D eigenvalue weighted by molar-refractivity contribution is 8.93. The Morgan fingerprint density at radius 3 is 2.57 bits per heavy atom. The van der Waals surface area contributed by atoms with Crippen LogP contribution in [0.5, 0.6) is 5.75 Å². The third-order valence-electron chi connectivity index (χ3n) is 3.93. The highest BCUT2D eigenvalue weighted by Gasteiger charge is 2.15. The van der Waals surface area contributed by atoms with E-state index in [1.165, 1.54) is 35.4 Å². The first kappa shape index (κ1) is 16.3. The fraction of sp³-hybridized carbons (Fsp3) is 0.438. The summed E-state index contributed by atoms with van der Waals surface area (Å²) < 4.78 is 7.38. The lowest BCUT2D eigenvalue weighted by molar-refractivity contribution is 0.414. The predicted octanol–water partition coefficient (Wildman–Crippen LogP) is 3.93. The molecule has 0 radical (unpaired) electrons. The van der Waals surface area contributed by atoms with Crippen LogP contribution in [0, 0.1) is 5.41 Å². The first-order valence-corrected chi connectivity index (χ1v) is 7.98. The van der Waals surface area contributed by atoms with Gasteiger partial charge in [0, 0.05) is 10.6 Å². The zero-order chi connectivity index (χ0) is 13.9. The second-order valence-electron chi connectivity index (χ2n) is 5.27. The molecule has 21 heavy (non-hydrogen) atoms. The van der Waals surface area contributed by atoms with E-state index in [1.807, 2.05) is 12.1 Å². The van der Waals surface area contributed by atoms with Gasteiger partial charge in [0.05, 0.1) is 13.7 Å². The van der Waals surface area contributed by atoms with Crippen molar-refractivity contribution in [2.75, 3.05) is 7.11 Å². The minimum atomic E-state index is 0. The molecular formula is C16H21BrN2OS. The fourth-order valence-corrected chi connectivity index (χ4v) is 3.90. The summed E-state index contributed by atoms with van der Waals surface area (Å²) in [5.41, 5.74) is 2.63. The number of thiazole rings is 1. The van der Waals surface area contributed by atoms with E-state index in [0.717, 1.165) is 25.1 Å². The van der Waals surface area contributed by atoms with E-state index in [-0.39, 0.29) is 17.0 Å². The Bertz CT molecular complexity index is 645. The molecule has 0 aliphatic heterocycles. The number of hydrogen-bond acceptors (Lipinski definition) is 3. The number of methoxy groups -OCH3 is 1. The Labute approximate surface area is 139 Å². The van der Waals surface area contributed by atoms with Crippen molar-refractivity contribution in [1.82, 2.24) is 4.57 Å². The van der Waals surface area contributed by atoms with Crippen LogP contribution >= 0.6 is 28.3 Å². The van der Waals surface area contributed by atoms with E-state index >= 15 is 0 Å². The molecular weight excluding hydrogens is 348 g/mol. The molecule has 5 heteroatoms. The Morgan fingerprint density at radius 1 is 1.14 bits per heavy atom. The molecule has 1 aliphatic rings. The predicted molar refractivity (Wildman–Crippen MR) is 91.8 cm³/mol. The minimum Gasteiger partial charge on any atom is -0.497 e. The average molecular weight is 369 g/mol. The summed E-state index contributed by atoms with van der Waals surface area (Å²) in [6.07, 6.45) is 6.13. The molecule has 0 atom stereocenters. The molecule has 1 aromatic heterocycles. The van der Waals surface area contributed by atoms with Gasteiger partial charge in [-0.15, -0.1) is 28.3 Å². The van der Waals surface area contributed by atoms with Gasteiger partial charge in [-0.05, 0) is 43.4 Å². The normalized spacial score (nSPS) is 14.0. The van der Waals surface area contributed by atoms with Gasteiger partial charge < -0.3 is 9.30 Å². The average Bonchev–Trinajstić information content (AvgIpc) is 2.65. The largest absolute Gasteiger partial charge is 0.497 e. The lowest BCUT2D eigenvalue weighted by Crippen LogP contribution is -2.17. The second kappa shape index (κ2) is 7.27. The van der Waals surface area contributed by atoms with Crippen molar-refractivity contribution in [3.05, 3.63) is 45.2 Å². The number of aryl methyl sites for hydroxylation is 1. The number of nitrogens with one attached hydrogen (secondary N) is 1. The molecule has 0 saturated heterocycles. The van der Waals surface area contributed by atoms with Crippen LogP contribution in [-0.4, -0.2) is 11.7 Å². The topological polar surface area (TPSA) is 38.0 Å². The zero-order valence-electron chi connectivity index (χ0n) is 12.2. The van der Waals surface area contributed by atoms with Crippen molar-refractivity contribution in [2.45, 2.75) is 38.6 Å². The monoisotopic (exact) mass is 368 g/mol. The standard InChI is InChI=1S/C16H20N2OS.BrH/c1-19-13-9-7-12(8-10-13)11-18-14-5-3-2-4-6-15(14)20-16(18)17;/h7-10,17H,2-6,11H2,1H3;1H. The van der Waals surface area contributed by atoms with Crippen molar-refractivity contribution in [3.63, 3.8) is 0 Å². The van der Waals surface area contributed by atoms with Crippen molar-refractivity contribution in [2.24, 2.45) is 0 Å². The van der Waals surface area contributed by atoms with Crippen LogP contribution in [0.3, 0.4) is 0 Å². The van der Waals surface area contributed by atoms with Gasteiger partial charge in [0.2, 0.25) is 0 Å². The third kappa shape index (κ3) is 3.58. The fourth-order valence-electron chi connectivity index (χ4n) is 2.81. The number of nitrogens with zero attached hydrogens (tertiary/aromatic N) is 1. The molecule has 0 unspecified atom stereocenters. The number of halogens is 1. The summed E-state index contributed by atoms with van der Waals surface area (Å²) in [4.78, 5) is 2.12. The minimum absolute atomic E-state index is 0. The van der Waals surface area contributed by atoms with Crippen molar-refractivity contribution in [1.29, 1.82) is 5.41 Å². The summed E-state index contributed by atoms with van der Waals surface area (Å²) in [6, 6.07) is 8.16. The number of ether oxygens (including phenoxy) is 1. The smallest absolute Gasteiger partial charge is 0.182 e. The maximum Gasteiger partial charge on any atom is 0.182 e. The molecule has 114 valence electrons. The molecule has 0 amide bonds.